The first-order chi connectivity index (χ1) is 8.69. The van der Waals surface area contributed by atoms with Gasteiger partial charge in [-0.2, -0.15) is 0 Å². The minimum atomic E-state index is -0.834. The molecule has 1 heterocycles. The summed E-state index contributed by atoms with van der Waals surface area (Å²) in [5.41, 5.74) is 3.41. The maximum absolute atomic E-state index is 13.0. The molecule has 0 saturated carbocycles. The van der Waals surface area contributed by atoms with E-state index in [2.05, 4.69) is 10.4 Å². The zero-order valence-electron chi connectivity index (χ0n) is 9.36. The average Bonchev–Trinajstić information content (AvgIpc) is 2.41. The number of thioether (sulfide) groups is 1. The topological polar surface area (TPSA) is 50.9 Å². The van der Waals surface area contributed by atoms with Crippen LogP contribution in [0.1, 0.15) is 5.56 Å². The molecule has 0 bridgehead atoms. The van der Waals surface area contributed by atoms with Gasteiger partial charge in [0.05, 0.1) is 0 Å². The van der Waals surface area contributed by atoms with Crippen LogP contribution in [-0.4, -0.2) is 4.98 Å². The highest BCUT2D eigenvalue weighted by Gasteiger charge is 2.03. The van der Waals surface area contributed by atoms with Crippen LogP contribution in [0.25, 0.3) is 0 Å². The zero-order chi connectivity index (χ0) is 13.0. The van der Waals surface area contributed by atoms with Crippen LogP contribution < -0.4 is 11.3 Å². The van der Waals surface area contributed by atoms with Crippen molar-refractivity contribution in [3.8, 4) is 0 Å². The van der Waals surface area contributed by atoms with E-state index in [1.54, 1.807) is 18.3 Å². The summed E-state index contributed by atoms with van der Waals surface area (Å²) in [4.78, 5) is 4.73. The summed E-state index contributed by atoms with van der Waals surface area (Å²) in [7, 11) is 0. The third-order valence-electron chi connectivity index (χ3n) is 2.27. The molecule has 1 aromatic heterocycles. The molecule has 0 amide bonds. The number of nitrogens with two attached hydrogens (primary N) is 1. The third-order valence-corrected chi connectivity index (χ3v) is 3.33. The molecule has 18 heavy (non-hydrogen) atoms. The second-order valence-corrected chi connectivity index (χ2v) is 4.61. The number of anilines is 1. The fourth-order valence-corrected chi connectivity index (χ4v) is 2.18. The predicted molar refractivity (Wildman–Crippen MR) is 68.0 cm³/mol. The molecule has 0 atom stereocenters. The minimum absolute atomic E-state index is 0.580. The summed E-state index contributed by atoms with van der Waals surface area (Å²) in [6, 6.07) is 7.48. The number of benzene rings is 1. The van der Waals surface area contributed by atoms with E-state index in [4.69, 9.17) is 5.84 Å². The average molecular weight is 267 g/mol. The Morgan fingerprint density at radius 3 is 2.61 bits per heavy atom. The Morgan fingerprint density at radius 1 is 1.17 bits per heavy atom. The summed E-state index contributed by atoms with van der Waals surface area (Å²) in [6.45, 7) is 0. The van der Waals surface area contributed by atoms with Gasteiger partial charge in [0.1, 0.15) is 5.82 Å². The highest BCUT2D eigenvalue weighted by atomic mass is 32.2. The Hall–Kier alpha value is -1.66. The lowest BCUT2D eigenvalue weighted by Gasteiger charge is -2.03. The van der Waals surface area contributed by atoms with Gasteiger partial charge in [-0.25, -0.2) is 19.6 Å². The third kappa shape index (κ3) is 3.18. The van der Waals surface area contributed by atoms with Crippen LogP contribution >= 0.6 is 11.8 Å². The fourth-order valence-electron chi connectivity index (χ4n) is 1.33. The molecule has 0 fully saturated rings. The Bertz CT molecular complexity index is 531. The summed E-state index contributed by atoms with van der Waals surface area (Å²) >= 11 is 1.41. The van der Waals surface area contributed by atoms with Gasteiger partial charge < -0.3 is 5.43 Å². The summed E-state index contributed by atoms with van der Waals surface area (Å²) in [5.74, 6) is 4.74. The van der Waals surface area contributed by atoms with Crippen LogP contribution in [0.15, 0.2) is 41.4 Å². The normalized spacial score (nSPS) is 10.4. The second-order valence-electron chi connectivity index (χ2n) is 3.56. The number of hydrogen-bond acceptors (Lipinski definition) is 4. The lowest BCUT2D eigenvalue weighted by molar-refractivity contribution is 0.506. The lowest BCUT2D eigenvalue weighted by atomic mass is 10.3. The second kappa shape index (κ2) is 5.79. The standard InChI is InChI=1S/C12H11F2N3S/c13-10-3-2-9(5-11(10)14)18-7-8-1-4-12(17-15)16-6-8/h1-6H,7,15H2,(H,16,17). The number of aromatic nitrogens is 1. The monoisotopic (exact) mass is 267 g/mol. The van der Waals surface area contributed by atoms with Crippen molar-refractivity contribution in [1.82, 2.24) is 4.98 Å². The molecule has 3 N–H and O–H groups in total. The summed E-state index contributed by atoms with van der Waals surface area (Å²) in [6.07, 6.45) is 1.68. The number of nitrogens with zero attached hydrogens (tertiary/aromatic N) is 1. The van der Waals surface area contributed by atoms with E-state index in [-0.39, 0.29) is 0 Å². The Kier molecular flexibility index (Phi) is 4.11. The molecule has 1 aromatic carbocycles. The van der Waals surface area contributed by atoms with E-state index >= 15 is 0 Å². The van der Waals surface area contributed by atoms with Gasteiger partial charge in [0.25, 0.3) is 0 Å². The number of halogens is 2. The number of rotatable bonds is 4. The molecule has 0 aliphatic rings. The fraction of sp³-hybridized carbons (Fsp3) is 0.0833. The molecule has 94 valence electrons. The Morgan fingerprint density at radius 2 is 2.00 bits per heavy atom. The molecule has 0 saturated heterocycles. The van der Waals surface area contributed by atoms with E-state index in [1.165, 1.54) is 17.8 Å². The van der Waals surface area contributed by atoms with Gasteiger partial charge in [0.15, 0.2) is 11.6 Å². The maximum atomic E-state index is 13.0. The van der Waals surface area contributed by atoms with Gasteiger partial charge in [-0.3, -0.25) is 0 Å². The highest BCUT2D eigenvalue weighted by Crippen LogP contribution is 2.24. The lowest BCUT2D eigenvalue weighted by Crippen LogP contribution is -2.08. The largest absolute Gasteiger partial charge is 0.308 e. The molecular weight excluding hydrogens is 256 g/mol. The van der Waals surface area contributed by atoms with Crippen LogP contribution in [-0.2, 0) is 5.75 Å². The number of hydrogen-bond donors (Lipinski definition) is 2. The van der Waals surface area contributed by atoms with Gasteiger partial charge in [-0.05, 0) is 29.8 Å². The molecule has 0 aliphatic heterocycles. The SMILES string of the molecule is NNc1ccc(CSc2ccc(F)c(F)c2)cn1. The first kappa shape index (κ1) is 12.8. The van der Waals surface area contributed by atoms with Gasteiger partial charge in [0, 0.05) is 16.8 Å². The minimum Gasteiger partial charge on any atom is -0.308 e. The van der Waals surface area contributed by atoms with Crippen molar-refractivity contribution in [2.24, 2.45) is 5.84 Å². The van der Waals surface area contributed by atoms with Gasteiger partial charge >= 0.3 is 0 Å². The van der Waals surface area contributed by atoms with Gasteiger partial charge in [0.2, 0.25) is 0 Å². The van der Waals surface area contributed by atoms with Crippen LogP contribution in [0.2, 0.25) is 0 Å². The molecule has 6 heteroatoms. The first-order valence-electron chi connectivity index (χ1n) is 5.18. The smallest absolute Gasteiger partial charge is 0.159 e. The van der Waals surface area contributed by atoms with E-state index in [0.29, 0.717) is 16.5 Å². The molecule has 2 rings (SSSR count). The van der Waals surface area contributed by atoms with Crippen molar-refractivity contribution in [2.75, 3.05) is 5.43 Å². The van der Waals surface area contributed by atoms with Crippen molar-refractivity contribution in [1.29, 1.82) is 0 Å². The molecule has 0 spiro atoms. The van der Waals surface area contributed by atoms with E-state index in [9.17, 15) is 8.78 Å². The Balaban J connectivity index is 1.99. The number of nitrogens with one attached hydrogen (secondary N) is 1. The van der Waals surface area contributed by atoms with E-state index < -0.39 is 11.6 Å². The van der Waals surface area contributed by atoms with Crippen LogP contribution in [0.5, 0.6) is 0 Å². The maximum Gasteiger partial charge on any atom is 0.159 e. The number of hydrazine groups is 1. The van der Waals surface area contributed by atoms with Crippen molar-refractivity contribution in [3.05, 3.63) is 53.7 Å². The summed E-state index contributed by atoms with van der Waals surface area (Å²) in [5, 5.41) is 0. The van der Waals surface area contributed by atoms with Crippen LogP contribution in [0.4, 0.5) is 14.6 Å². The van der Waals surface area contributed by atoms with E-state index in [1.807, 2.05) is 6.07 Å². The molecule has 0 unspecified atom stereocenters. The molecule has 2 aromatic rings. The zero-order valence-corrected chi connectivity index (χ0v) is 10.2. The van der Waals surface area contributed by atoms with Crippen molar-refractivity contribution >= 4 is 17.6 Å². The number of pyridine rings is 1. The van der Waals surface area contributed by atoms with Gasteiger partial charge in [-0.1, -0.05) is 6.07 Å². The van der Waals surface area contributed by atoms with Crippen LogP contribution in [0, 0.1) is 11.6 Å². The van der Waals surface area contributed by atoms with Crippen molar-refractivity contribution < 1.29 is 8.78 Å². The predicted octanol–water partition coefficient (Wildman–Crippen LogP) is 2.94. The van der Waals surface area contributed by atoms with Crippen molar-refractivity contribution in [2.45, 2.75) is 10.6 Å². The number of nitrogen functional groups attached to an aromatic ring is 1. The highest BCUT2D eigenvalue weighted by molar-refractivity contribution is 7.98. The van der Waals surface area contributed by atoms with E-state index in [0.717, 1.165) is 11.6 Å². The molecule has 3 nitrogen and oxygen atoms in total. The van der Waals surface area contributed by atoms with Crippen molar-refractivity contribution in [3.63, 3.8) is 0 Å². The molecular formula is C12H11F2N3S. The quantitative estimate of drug-likeness (QED) is 0.508. The molecule has 0 aliphatic carbocycles. The van der Waals surface area contributed by atoms with Gasteiger partial charge in [-0.15, -0.1) is 11.8 Å². The first-order valence-corrected chi connectivity index (χ1v) is 6.17. The molecule has 0 radical (unpaired) electrons. The van der Waals surface area contributed by atoms with Crippen LogP contribution in [0.3, 0.4) is 0 Å². The Labute approximate surface area is 107 Å². The summed E-state index contributed by atoms with van der Waals surface area (Å²) < 4.78 is 25.7.